The van der Waals surface area contributed by atoms with Gasteiger partial charge >= 0.3 is 5.97 Å². The van der Waals surface area contributed by atoms with Crippen molar-refractivity contribution in [2.24, 2.45) is 5.92 Å². The summed E-state index contributed by atoms with van der Waals surface area (Å²) in [5.74, 6) is 0.514. The lowest BCUT2D eigenvalue weighted by molar-refractivity contribution is -0.141. The molecule has 0 radical (unpaired) electrons. The Labute approximate surface area is 128 Å². The van der Waals surface area contributed by atoms with Gasteiger partial charge in [0.1, 0.15) is 0 Å². The van der Waals surface area contributed by atoms with Gasteiger partial charge in [0.05, 0.1) is 26.2 Å². The highest BCUT2D eigenvalue weighted by Crippen LogP contribution is 2.13. The lowest BCUT2D eigenvalue weighted by Gasteiger charge is -2.24. The average Bonchev–Trinajstić information content (AvgIpc) is 2.96. The lowest BCUT2D eigenvalue weighted by Crippen LogP contribution is -2.36. The molecule has 21 heavy (non-hydrogen) atoms. The molecule has 1 rings (SSSR count). The Hall–Kier alpha value is -0.650. The van der Waals surface area contributed by atoms with E-state index < -0.39 is 0 Å². The minimum atomic E-state index is -0.159. The van der Waals surface area contributed by atoms with Gasteiger partial charge in [-0.2, -0.15) is 0 Å². The summed E-state index contributed by atoms with van der Waals surface area (Å²) >= 11 is 0. The molecule has 0 aromatic heterocycles. The standard InChI is InChI=1S/C16H31NO4/c1-14(2)7-11-20-12-9-17(8-6-16(18)19-3)13-15-5-4-10-21-15/h14-15H,4-13H2,1-3H3. The molecule has 1 fully saturated rings. The van der Waals surface area contributed by atoms with Gasteiger partial charge in [-0.05, 0) is 25.2 Å². The number of ether oxygens (including phenoxy) is 3. The summed E-state index contributed by atoms with van der Waals surface area (Å²) in [6.45, 7) is 9.20. The molecule has 1 heterocycles. The Morgan fingerprint density at radius 3 is 2.76 bits per heavy atom. The van der Waals surface area contributed by atoms with Crippen molar-refractivity contribution >= 4 is 5.97 Å². The van der Waals surface area contributed by atoms with Gasteiger partial charge in [0.2, 0.25) is 0 Å². The molecular formula is C16H31NO4. The van der Waals surface area contributed by atoms with Gasteiger partial charge < -0.3 is 14.2 Å². The van der Waals surface area contributed by atoms with Gasteiger partial charge in [0.15, 0.2) is 0 Å². The average molecular weight is 301 g/mol. The number of esters is 1. The van der Waals surface area contributed by atoms with E-state index in [1.807, 2.05) is 0 Å². The minimum Gasteiger partial charge on any atom is -0.469 e. The highest BCUT2D eigenvalue weighted by molar-refractivity contribution is 5.69. The molecule has 124 valence electrons. The van der Waals surface area contributed by atoms with Gasteiger partial charge in [0, 0.05) is 32.8 Å². The molecule has 1 atom stereocenters. The molecule has 0 aromatic rings. The van der Waals surface area contributed by atoms with Crippen molar-refractivity contribution in [3.8, 4) is 0 Å². The first kappa shape index (κ1) is 18.4. The van der Waals surface area contributed by atoms with Crippen molar-refractivity contribution < 1.29 is 19.0 Å². The van der Waals surface area contributed by atoms with Gasteiger partial charge in [0.25, 0.3) is 0 Å². The quantitative estimate of drug-likeness (QED) is 0.432. The van der Waals surface area contributed by atoms with Crippen LogP contribution in [0.5, 0.6) is 0 Å². The van der Waals surface area contributed by atoms with E-state index in [1.165, 1.54) is 7.11 Å². The number of rotatable bonds is 11. The zero-order valence-corrected chi connectivity index (χ0v) is 13.8. The maximum absolute atomic E-state index is 11.3. The van der Waals surface area contributed by atoms with E-state index in [-0.39, 0.29) is 5.97 Å². The second-order valence-electron chi connectivity index (χ2n) is 6.06. The van der Waals surface area contributed by atoms with Crippen molar-refractivity contribution in [3.63, 3.8) is 0 Å². The molecule has 0 aliphatic carbocycles. The Morgan fingerprint density at radius 1 is 1.33 bits per heavy atom. The van der Waals surface area contributed by atoms with Crippen LogP contribution in [0.4, 0.5) is 0 Å². The molecule has 0 saturated carbocycles. The van der Waals surface area contributed by atoms with E-state index in [4.69, 9.17) is 14.2 Å². The molecule has 0 aromatic carbocycles. The van der Waals surface area contributed by atoms with Crippen molar-refractivity contribution in [1.82, 2.24) is 4.90 Å². The van der Waals surface area contributed by atoms with E-state index in [1.54, 1.807) is 0 Å². The van der Waals surface area contributed by atoms with Crippen LogP contribution in [0.2, 0.25) is 0 Å². The SMILES string of the molecule is COC(=O)CCN(CCOCCC(C)C)CC1CCCO1. The molecule has 0 N–H and O–H groups in total. The first-order chi connectivity index (χ1) is 10.1. The van der Waals surface area contributed by atoms with E-state index >= 15 is 0 Å². The molecule has 1 aliphatic heterocycles. The smallest absolute Gasteiger partial charge is 0.306 e. The number of hydrogen-bond acceptors (Lipinski definition) is 5. The molecule has 5 heteroatoms. The van der Waals surface area contributed by atoms with Crippen molar-refractivity contribution in [1.29, 1.82) is 0 Å². The highest BCUT2D eigenvalue weighted by atomic mass is 16.5. The van der Waals surface area contributed by atoms with Gasteiger partial charge in [-0.15, -0.1) is 0 Å². The summed E-state index contributed by atoms with van der Waals surface area (Å²) in [4.78, 5) is 13.5. The van der Waals surface area contributed by atoms with E-state index in [0.717, 1.165) is 45.6 Å². The highest BCUT2D eigenvalue weighted by Gasteiger charge is 2.19. The Bertz CT molecular complexity index is 277. The third-order valence-corrected chi connectivity index (χ3v) is 3.74. The maximum Gasteiger partial charge on any atom is 0.306 e. The number of carbonyl (C=O) groups excluding carboxylic acids is 1. The van der Waals surface area contributed by atoms with Crippen molar-refractivity contribution in [2.75, 3.05) is 46.6 Å². The largest absolute Gasteiger partial charge is 0.469 e. The van der Waals surface area contributed by atoms with Crippen LogP contribution < -0.4 is 0 Å². The fraction of sp³-hybridized carbons (Fsp3) is 0.938. The molecular weight excluding hydrogens is 270 g/mol. The first-order valence-corrected chi connectivity index (χ1v) is 8.10. The second kappa shape index (κ2) is 11.0. The second-order valence-corrected chi connectivity index (χ2v) is 6.06. The minimum absolute atomic E-state index is 0.159. The molecule has 0 spiro atoms. The summed E-state index contributed by atoms with van der Waals surface area (Å²) in [5.41, 5.74) is 0. The van der Waals surface area contributed by atoms with Crippen molar-refractivity contribution in [2.45, 2.75) is 45.6 Å². The van der Waals surface area contributed by atoms with E-state index in [2.05, 4.69) is 18.7 Å². The van der Waals surface area contributed by atoms with Gasteiger partial charge in [-0.1, -0.05) is 13.8 Å². The summed E-state index contributed by atoms with van der Waals surface area (Å²) in [6, 6.07) is 0. The summed E-state index contributed by atoms with van der Waals surface area (Å²) < 4.78 is 16.1. The summed E-state index contributed by atoms with van der Waals surface area (Å²) in [7, 11) is 1.43. The van der Waals surface area contributed by atoms with E-state index in [9.17, 15) is 4.79 Å². The zero-order valence-electron chi connectivity index (χ0n) is 13.8. The molecule has 0 amide bonds. The number of hydrogen-bond donors (Lipinski definition) is 0. The van der Waals surface area contributed by atoms with E-state index in [0.29, 0.717) is 31.6 Å². The fourth-order valence-electron chi connectivity index (χ4n) is 2.34. The molecule has 1 saturated heterocycles. The fourth-order valence-corrected chi connectivity index (χ4v) is 2.34. The summed E-state index contributed by atoms with van der Waals surface area (Å²) in [6.07, 6.45) is 4.07. The predicted molar refractivity (Wildman–Crippen MR) is 82.3 cm³/mol. The zero-order chi connectivity index (χ0) is 15.5. The Morgan fingerprint density at radius 2 is 2.14 bits per heavy atom. The molecule has 1 aliphatic rings. The topological polar surface area (TPSA) is 48.0 Å². The van der Waals surface area contributed by atoms with Crippen LogP contribution in [0, 0.1) is 5.92 Å². The Balaban J connectivity index is 2.23. The van der Waals surface area contributed by atoms with Crippen LogP contribution in [0.3, 0.4) is 0 Å². The van der Waals surface area contributed by atoms with Crippen LogP contribution in [0.15, 0.2) is 0 Å². The predicted octanol–water partition coefficient (Wildman–Crippen LogP) is 2.09. The first-order valence-electron chi connectivity index (χ1n) is 8.10. The normalized spacial score (nSPS) is 18.6. The number of carbonyl (C=O) groups is 1. The Kier molecular flexibility index (Phi) is 9.63. The molecule has 5 nitrogen and oxygen atoms in total. The van der Waals surface area contributed by atoms with Crippen LogP contribution in [-0.4, -0.2) is 63.5 Å². The van der Waals surface area contributed by atoms with Crippen molar-refractivity contribution in [3.05, 3.63) is 0 Å². The van der Waals surface area contributed by atoms with Crippen LogP contribution >= 0.6 is 0 Å². The van der Waals surface area contributed by atoms with Crippen LogP contribution in [-0.2, 0) is 19.0 Å². The number of nitrogens with zero attached hydrogens (tertiary/aromatic N) is 1. The van der Waals surface area contributed by atoms with Gasteiger partial charge in [-0.25, -0.2) is 0 Å². The van der Waals surface area contributed by atoms with Gasteiger partial charge in [-0.3, -0.25) is 9.69 Å². The molecule has 1 unspecified atom stereocenters. The third-order valence-electron chi connectivity index (χ3n) is 3.74. The third kappa shape index (κ3) is 9.06. The maximum atomic E-state index is 11.3. The molecule has 0 bridgehead atoms. The summed E-state index contributed by atoms with van der Waals surface area (Å²) in [5, 5.41) is 0. The van der Waals surface area contributed by atoms with Crippen LogP contribution in [0.1, 0.15) is 39.5 Å². The van der Waals surface area contributed by atoms with Crippen LogP contribution in [0.25, 0.3) is 0 Å². The monoisotopic (exact) mass is 301 g/mol. The number of methoxy groups -OCH3 is 1. The lowest BCUT2D eigenvalue weighted by atomic mass is 10.1.